The zero-order valence-electron chi connectivity index (χ0n) is 25.1. The van der Waals surface area contributed by atoms with E-state index in [9.17, 15) is 18.8 Å². The number of hydrogen-bond acceptors (Lipinski definition) is 5. The first-order valence-corrected chi connectivity index (χ1v) is 18.1. The van der Waals surface area contributed by atoms with Crippen molar-refractivity contribution < 1.29 is 28.2 Å². The van der Waals surface area contributed by atoms with Crippen molar-refractivity contribution in [2.45, 2.75) is 45.1 Å². The van der Waals surface area contributed by atoms with Crippen LogP contribution in [0.15, 0.2) is 66.7 Å². The number of rotatable bonds is 8. The van der Waals surface area contributed by atoms with Crippen molar-refractivity contribution in [3.8, 4) is 5.75 Å². The van der Waals surface area contributed by atoms with Crippen LogP contribution < -0.4 is 15.2 Å². The van der Waals surface area contributed by atoms with Gasteiger partial charge in [-0.15, -0.1) is 0 Å². The van der Waals surface area contributed by atoms with E-state index < -0.39 is 20.0 Å². The van der Waals surface area contributed by atoms with Crippen molar-refractivity contribution in [2.75, 3.05) is 32.1 Å². The number of carbonyl (C=O) groups is 3. The molecule has 10 heteroatoms. The Morgan fingerprint density at radius 1 is 1.00 bits per heavy atom. The van der Waals surface area contributed by atoms with Gasteiger partial charge in [0.25, 0.3) is 5.91 Å². The smallest absolute Gasteiger partial charge is 0.320 e. The summed E-state index contributed by atoms with van der Waals surface area (Å²) in [7, 11) is -0.305. The number of fused-ring (bicyclic) bond motifs is 1. The predicted octanol–water partition coefficient (Wildman–Crippen LogP) is 5.10. The van der Waals surface area contributed by atoms with E-state index in [0.717, 1.165) is 11.1 Å². The van der Waals surface area contributed by atoms with E-state index in [4.69, 9.17) is 9.47 Å². The number of ether oxygens (including phenoxy) is 2. The molecular weight excluding hydrogens is 565 g/mol. The van der Waals surface area contributed by atoms with Gasteiger partial charge < -0.3 is 24.6 Å². The number of hydrogen-bond donors (Lipinski definition) is 1. The van der Waals surface area contributed by atoms with Crippen molar-refractivity contribution in [1.29, 1.82) is 0 Å². The van der Waals surface area contributed by atoms with E-state index in [1.54, 1.807) is 35.1 Å². The number of nitrogens with zero attached hydrogens (tertiary/aromatic N) is 2. The molecule has 2 heterocycles. The Labute approximate surface area is 252 Å². The van der Waals surface area contributed by atoms with E-state index >= 15 is 0 Å². The van der Waals surface area contributed by atoms with Crippen molar-refractivity contribution in [1.82, 2.24) is 9.80 Å². The molecule has 3 aromatic carbocycles. The minimum Gasteiger partial charge on any atom is -0.497 e. The van der Waals surface area contributed by atoms with Crippen LogP contribution in [0.1, 0.15) is 29.2 Å². The largest absolute Gasteiger partial charge is 0.497 e. The van der Waals surface area contributed by atoms with Crippen molar-refractivity contribution in [2.24, 2.45) is 5.92 Å². The standard InChI is InChI=1S/C33H38FN3O5Si/c1-41-26-11-12-27-24(17-26)14-15-37(31(27)32(39)35-25-10-13-29(28(34)18-25)43(2,3)4)33(40)36-19-23(20-36)16-30(38)42-21-22-8-6-5-7-9-22/h5-13,17-18,23,31H,14-16,19-21H2,1-4H3,(H,35,39)/t31-/m1/s1. The zero-order valence-corrected chi connectivity index (χ0v) is 26.1. The molecule has 5 rings (SSSR count). The molecule has 8 nitrogen and oxygen atoms in total. The fourth-order valence-electron chi connectivity index (χ4n) is 5.70. The third-order valence-electron chi connectivity index (χ3n) is 8.04. The first-order chi connectivity index (χ1) is 20.5. The van der Waals surface area contributed by atoms with Gasteiger partial charge in [0.2, 0.25) is 0 Å². The highest BCUT2D eigenvalue weighted by molar-refractivity contribution is 6.88. The minimum absolute atomic E-state index is 0.00584. The van der Waals surface area contributed by atoms with Crippen LogP contribution in [0.4, 0.5) is 14.9 Å². The minimum atomic E-state index is -1.89. The lowest BCUT2D eigenvalue weighted by Gasteiger charge is -2.45. The van der Waals surface area contributed by atoms with Gasteiger partial charge >= 0.3 is 12.0 Å². The first-order valence-electron chi connectivity index (χ1n) is 14.6. The molecule has 0 unspecified atom stereocenters. The molecule has 2 aliphatic heterocycles. The lowest BCUT2D eigenvalue weighted by Crippen LogP contribution is -2.58. The Hall–Kier alpha value is -4.18. The lowest BCUT2D eigenvalue weighted by atomic mass is 9.91. The number of urea groups is 1. The zero-order chi connectivity index (χ0) is 30.7. The fraction of sp³-hybridized carbons (Fsp3) is 0.364. The second-order valence-corrected chi connectivity index (χ2v) is 17.3. The number of methoxy groups -OCH3 is 1. The highest BCUT2D eigenvalue weighted by Gasteiger charge is 2.42. The monoisotopic (exact) mass is 603 g/mol. The van der Waals surface area contributed by atoms with Crippen molar-refractivity contribution >= 4 is 36.9 Å². The molecule has 0 saturated carbocycles. The summed E-state index contributed by atoms with van der Waals surface area (Å²) in [6.07, 6.45) is 0.785. The van der Waals surface area contributed by atoms with Gasteiger partial charge in [-0.2, -0.15) is 0 Å². The van der Waals surface area contributed by atoms with E-state index in [1.807, 2.05) is 42.5 Å². The molecule has 3 aromatic rings. The second kappa shape index (κ2) is 12.6. The fourth-order valence-corrected chi connectivity index (χ4v) is 7.07. The summed E-state index contributed by atoms with van der Waals surface area (Å²) in [5.74, 6) is -0.389. The maximum absolute atomic E-state index is 15.0. The number of likely N-dealkylation sites (tertiary alicyclic amines) is 1. The van der Waals surface area contributed by atoms with Crippen LogP contribution in [0.3, 0.4) is 0 Å². The van der Waals surface area contributed by atoms with Gasteiger partial charge in [-0.25, -0.2) is 9.18 Å². The second-order valence-electron chi connectivity index (χ2n) is 12.2. The van der Waals surface area contributed by atoms with Gasteiger partial charge in [-0.05, 0) is 52.6 Å². The van der Waals surface area contributed by atoms with E-state index in [2.05, 4.69) is 25.0 Å². The Kier molecular flexibility index (Phi) is 8.86. The van der Waals surface area contributed by atoms with Crippen LogP contribution in [0.2, 0.25) is 19.6 Å². The Balaban J connectivity index is 1.27. The third kappa shape index (κ3) is 6.91. The van der Waals surface area contributed by atoms with Crippen LogP contribution in [0.25, 0.3) is 0 Å². The summed E-state index contributed by atoms with van der Waals surface area (Å²) < 4.78 is 25.7. The molecule has 0 radical (unpaired) electrons. The molecule has 43 heavy (non-hydrogen) atoms. The molecule has 3 amide bonds. The average molecular weight is 604 g/mol. The summed E-state index contributed by atoms with van der Waals surface area (Å²) in [6, 6.07) is 18.6. The number of halogens is 1. The number of anilines is 1. The van der Waals surface area contributed by atoms with Gasteiger partial charge in [0.05, 0.1) is 21.6 Å². The molecule has 0 aliphatic carbocycles. The van der Waals surface area contributed by atoms with Gasteiger partial charge in [-0.1, -0.05) is 62.1 Å². The first kappa shape index (κ1) is 30.3. The summed E-state index contributed by atoms with van der Waals surface area (Å²) in [5.41, 5.74) is 2.89. The van der Waals surface area contributed by atoms with E-state index in [0.29, 0.717) is 48.2 Å². The molecule has 2 aliphatic rings. The van der Waals surface area contributed by atoms with Crippen LogP contribution >= 0.6 is 0 Å². The summed E-state index contributed by atoms with van der Waals surface area (Å²) in [6.45, 7) is 7.55. The number of benzene rings is 3. The SMILES string of the molecule is COc1ccc2c(c1)CCN(C(=O)N1CC(CC(=O)OCc3ccccc3)C1)[C@H]2C(=O)Nc1ccc([Si](C)(C)C)c(F)c1. The molecular formula is C33H38FN3O5Si. The summed E-state index contributed by atoms with van der Waals surface area (Å²) >= 11 is 0. The molecule has 1 fully saturated rings. The maximum Gasteiger partial charge on any atom is 0.320 e. The number of amides is 3. The third-order valence-corrected chi connectivity index (χ3v) is 10.1. The van der Waals surface area contributed by atoms with Crippen LogP contribution in [0.5, 0.6) is 5.75 Å². The Morgan fingerprint density at radius 2 is 1.74 bits per heavy atom. The summed E-state index contributed by atoms with van der Waals surface area (Å²) in [4.78, 5) is 43.1. The average Bonchev–Trinajstić information content (AvgIpc) is 2.96. The molecule has 1 atom stereocenters. The lowest BCUT2D eigenvalue weighted by molar-refractivity contribution is -0.147. The summed E-state index contributed by atoms with van der Waals surface area (Å²) in [5, 5.41) is 3.54. The normalized spacial score (nSPS) is 16.6. The van der Waals surface area contributed by atoms with Gasteiger partial charge in [0.1, 0.15) is 24.2 Å². The Morgan fingerprint density at radius 3 is 2.42 bits per heavy atom. The molecule has 0 spiro atoms. The van der Waals surface area contributed by atoms with Gasteiger partial charge in [0.15, 0.2) is 0 Å². The maximum atomic E-state index is 15.0. The van der Waals surface area contributed by atoms with Crippen LogP contribution in [0, 0.1) is 11.7 Å². The Bertz CT molecular complexity index is 1500. The molecule has 1 saturated heterocycles. The van der Waals surface area contributed by atoms with E-state index in [1.165, 1.54) is 6.07 Å². The predicted molar refractivity (Wildman–Crippen MR) is 165 cm³/mol. The highest BCUT2D eigenvalue weighted by Crippen LogP contribution is 2.35. The quantitative estimate of drug-likeness (QED) is 0.286. The van der Waals surface area contributed by atoms with Gasteiger partial charge in [-0.3, -0.25) is 9.59 Å². The van der Waals surface area contributed by atoms with Crippen LogP contribution in [-0.2, 0) is 27.4 Å². The van der Waals surface area contributed by atoms with Crippen molar-refractivity contribution in [3.63, 3.8) is 0 Å². The molecule has 0 bridgehead atoms. The molecule has 1 N–H and O–H groups in total. The number of esters is 1. The topological polar surface area (TPSA) is 88.2 Å². The number of nitrogens with one attached hydrogen (secondary N) is 1. The highest BCUT2D eigenvalue weighted by atomic mass is 28.3. The van der Waals surface area contributed by atoms with Crippen molar-refractivity contribution in [3.05, 3.63) is 89.2 Å². The van der Waals surface area contributed by atoms with Crippen LogP contribution in [-0.4, -0.2) is 62.5 Å². The number of carbonyl (C=O) groups excluding carboxylic acids is 3. The van der Waals surface area contributed by atoms with Gasteiger partial charge in [0, 0.05) is 31.2 Å². The molecule has 0 aromatic heterocycles. The van der Waals surface area contributed by atoms with E-state index in [-0.39, 0.29) is 36.8 Å². The molecule has 226 valence electrons.